The van der Waals surface area contributed by atoms with Gasteiger partial charge in [-0.05, 0) is 0 Å². The number of anilines is 1. The molecule has 3 rings (SSSR count). The van der Waals surface area contributed by atoms with Crippen LogP contribution in [0, 0.1) is 0 Å². The van der Waals surface area contributed by atoms with Gasteiger partial charge in [-0.3, -0.25) is 19.3 Å². The number of ether oxygens (including phenoxy) is 1. The molecule has 0 bridgehead atoms. The van der Waals surface area contributed by atoms with E-state index in [0.29, 0.717) is 5.57 Å². The number of amides is 2. The summed E-state index contributed by atoms with van der Waals surface area (Å²) >= 11 is 2.35. The second-order valence-corrected chi connectivity index (χ2v) is 8.09. The lowest BCUT2D eigenvalue weighted by atomic mass is 10.0. The molecule has 3 heterocycles. The molecule has 2 amide bonds. The summed E-state index contributed by atoms with van der Waals surface area (Å²) in [5.74, 6) is -2.98. The van der Waals surface area contributed by atoms with Crippen LogP contribution in [0.3, 0.4) is 0 Å². The number of nitrogens with zero attached hydrogens (tertiary/aromatic N) is 3. The van der Waals surface area contributed by atoms with Crippen LogP contribution in [-0.2, 0) is 28.8 Å². The lowest BCUT2D eigenvalue weighted by Crippen LogP contribution is -2.71. The standard InChI is InChI=1S/C16H17N5O7S2/c1-6(22)28-3-7-4-29-14-10(13(24)21(14)11(7)15(25)26)19-12(23)9(20-27-2)8-5-30-16(17)18-8/h5,10,14H,3-4H2,1-2H3,(H2,17,18)(H,19,23)(H,25,26)/b20-9-/t10?,14-/m1/s1. The van der Waals surface area contributed by atoms with Gasteiger partial charge in [-0.2, -0.15) is 0 Å². The van der Waals surface area contributed by atoms with E-state index in [2.05, 4.69) is 20.3 Å². The molecular weight excluding hydrogens is 438 g/mol. The van der Waals surface area contributed by atoms with Crippen molar-refractivity contribution < 1.29 is 33.9 Å². The van der Waals surface area contributed by atoms with Crippen molar-refractivity contribution in [2.24, 2.45) is 5.16 Å². The van der Waals surface area contributed by atoms with Gasteiger partial charge in [0.25, 0.3) is 11.8 Å². The molecular formula is C16H17N5O7S2. The Balaban J connectivity index is 1.77. The predicted molar refractivity (Wildman–Crippen MR) is 106 cm³/mol. The van der Waals surface area contributed by atoms with Crippen LogP contribution in [0.5, 0.6) is 0 Å². The van der Waals surface area contributed by atoms with E-state index in [9.17, 15) is 24.3 Å². The Morgan fingerprint density at radius 3 is 2.77 bits per heavy atom. The van der Waals surface area contributed by atoms with Crippen LogP contribution in [0.2, 0.25) is 0 Å². The van der Waals surface area contributed by atoms with Crippen molar-refractivity contribution in [2.45, 2.75) is 18.3 Å². The number of rotatable bonds is 7. The quantitative estimate of drug-likeness (QED) is 0.208. The number of nitrogens with two attached hydrogens (primary N) is 1. The van der Waals surface area contributed by atoms with Crippen molar-refractivity contribution in [3.05, 3.63) is 22.3 Å². The van der Waals surface area contributed by atoms with E-state index in [4.69, 9.17) is 10.5 Å². The first-order valence-corrected chi connectivity index (χ1v) is 10.3. The van der Waals surface area contributed by atoms with Gasteiger partial charge in [0, 0.05) is 23.6 Å². The van der Waals surface area contributed by atoms with Crippen molar-refractivity contribution in [1.82, 2.24) is 15.2 Å². The normalized spacial score (nSPS) is 20.9. The summed E-state index contributed by atoms with van der Waals surface area (Å²) < 4.78 is 4.88. The first kappa shape index (κ1) is 21.6. The van der Waals surface area contributed by atoms with E-state index >= 15 is 0 Å². The van der Waals surface area contributed by atoms with E-state index < -0.39 is 35.2 Å². The maximum absolute atomic E-state index is 12.7. The zero-order chi connectivity index (χ0) is 22.0. The molecule has 30 heavy (non-hydrogen) atoms. The fourth-order valence-corrected chi connectivity index (χ4v) is 4.76. The van der Waals surface area contributed by atoms with E-state index in [-0.39, 0.29) is 34.6 Å². The summed E-state index contributed by atoms with van der Waals surface area (Å²) in [6, 6.07) is -0.967. The zero-order valence-electron chi connectivity index (χ0n) is 15.8. The zero-order valence-corrected chi connectivity index (χ0v) is 17.4. The van der Waals surface area contributed by atoms with E-state index in [1.807, 2.05) is 0 Å². The number of hydrogen-bond acceptors (Lipinski definition) is 11. The Morgan fingerprint density at radius 2 is 2.20 bits per heavy atom. The minimum absolute atomic E-state index is 0.165. The van der Waals surface area contributed by atoms with Gasteiger partial charge >= 0.3 is 11.9 Å². The number of carbonyl (C=O) groups is 4. The number of carbonyl (C=O) groups excluding carboxylic acids is 3. The van der Waals surface area contributed by atoms with E-state index in [1.54, 1.807) is 0 Å². The third kappa shape index (κ3) is 4.09. The number of oxime groups is 1. The summed E-state index contributed by atoms with van der Waals surface area (Å²) in [5, 5.41) is 16.9. The molecule has 0 saturated carbocycles. The van der Waals surface area contributed by atoms with Crippen LogP contribution in [0.4, 0.5) is 5.13 Å². The summed E-state index contributed by atoms with van der Waals surface area (Å²) in [6.45, 7) is 0.975. The molecule has 0 aliphatic carbocycles. The molecule has 12 nitrogen and oxygen atoms in total. The molecule has 2 aliphatic heterocycles. The highest BCUT2D eigenvalue weighted by atomic mass is 32.2. The molecule has 0 spiro atoms. The number of thiazole rings is 1. The SMILES string of the molecule is CO/N=C(\C(=O)NC1C(=O)N2C(C(=O)O)=C(COC(C)=O)CS[C@H]12)c1csc(N)n1. The smallest absolute Gasteiger partial charge is 0.352 e. The number of carboxylic acids is 1. The Labute approximate surface area is 178 Å². The number of esters is 1. The van der Waals surface area contributed by atoms with Crippen LogP contribution < -0.4 is 11.1 Å². The largest absolute Gasteiger partial charge is 0.477 e. The Bertz CT molecular complexity index is 973. The average Bonchev–Trinajstić information content (AvgIpc) is 3.13. The van der Waals surface area contributed by atoms with Gasteiger partial charge in [-0.15, -0.1) is 23.1 Å². The fourth-order valence-electron chi connectivity index (χ4n) is 2.88. The number of nitrogen functional groups attached to an aromatic ring is 1. The van der Waals surface area contributed by atoms with E-state index in [1.165, 1.54) is 31.2 Å². The van der Waals surface area contributed by atoms with E-state index in [0.717, 1.165) is 16.2 Å². The number of thioether (sulfide) groups is 1. The molecule has 0 aromatic carbocycles. The van der Waals surface area contributed by atoms with Crippen molar-refractivity contribution in [1.29, 1.82) is 0 Å². The van der Waals surface area contributed by atoms with Crippen molar-refractivity contribution in [3.8, 4) is 0 Å². The molecule has 1 unspecified atom stereocenters. The number of hydrogen-bond donors (Lipinski definition) is 3. The summed E-state index contributed by atoms with van der Waals surface area (Å²) in [5.41, 5.74) is 5.67. The Kier molecular flexibility index (Phi) is 6.26. The van der Waals surface area contributed by atoms with Crippen LogP contribution >= 0.6 is 23.1 Å². The highest BCUT2D eigenvalue weighted by Gasteiger charge is 2.54. The van der Waals surface area contributed by atoms with Crippen LogP contribution in [0.1, 0.15) is 12.6 Å². The third-order valence-electron chi connectivity index (χ3n) is 4.15. The van der Waals surface area contributed by atoms with Crippen LogP contribution in [-0.4, -0.2) is 75.3 Å². The minimum Gasteiger partial charge on any atom is -0.477 e. The minimum atomic E-state index is -1.32. The second kappa shape index (κ2) is 8.71. The number of nitrogens with one attached hydrogen (secondary N) is 1. The number of carboxylic acid groups (broad SMARTS) is 1. The molecule has 160 valence electrons. The number of β-lactam (4-membered cyclic amide) rings is 1. The molecule has 1 saturated heterocycles. The lowest BCUT2D eigenvalue weighted by Gasteiger charge is -2.49. The summed E-state index contributed by atoms with van der Waals surface area (Å²) in [7, 11) is 1.25. The Hall–Kier alpha value is -3.13. The van der Waals surface area contributed by atoms with Crippen molar-refractivity contribution in [2.75, 3.05) is 25.2 Å². The number of aliphatic carboxylic acids is 1. The van der Waals surface area contributed by atoms with Gasteiger partial charge in [0.05, 0.1) is 0 Å². The highest BCUT2D eigenvalue weighted by Crippen LogP contribution is 2.40. The van der Waals surface area contributed by atoms with Gasteiger partial charge in [0.15, 0.2) is 10.8 Å². The average molecular weight is 455 g/mol. The lowest BCUT2D eigenvalue weighted by molar-refractivity contribution is -0.150. The third-order valence-corrected chi connectivity index (χ3v) is 6.16. The first-order valence-electron chi connectivity index (χ1n) is 8.41. The van der Waals surface area contributed by atoms with Crippen LogP contribution in [0.25, 0.3) is 0 Å². The van der Waals surface area contributed by atoms with Crippen molar-refractivity contribution in [3.63, 3.8) is 0 Å². The number of aromatic nitrogens is 1. The summed E-state index contributed by atoms with van der Waals surface area (Å²) in [4.78, 5) is 57.8. The molecule has 1 aromatic rings. The number of fused-ring (bicyclic) bond motifs is 1. The maximum atomic E-state index is 12.7. The van der Waals surface area contributed by atoms with Gasteiger partial charge in [-0.1, -0.05) is 5.16 Å². The van der Waals surface area contributed by atoms with Gasteiger partial charge in [-0.25, -0.2) is 9.78 Å². The molecule has 2 aliphatic rings. The molecule has 2 atom stereocenters. The van der Waals surface area contributed by atoms with Gasteiger partial charge in [0.1, 0.15) is 36.5 Å². The summed E-state index contributed by atoms with van der Waals surface area (Å²) in [6.07, 6.45) is 0. The first-order chi connectivity index (χ1) is 14.2. The second-order valence-electron chi connectivity index (χ2n) is 6.09. The Morgan fingerprint density at radius 1 is 1.47 bits per heavy atom. The van der Waals surface area contributed by atoms with Crippen LogP contribution in [0.15, 0.2) is 21.8 Å². The maximum Gasteiger partial charge on any atom is 0.352 e. The predicted octanol–water partition coefficient (Wildman–Crippen LogP) is -0.622. The fraction of sp³-hybridized carbons (Fsp3) is 0.375. The van der Waals surface area contributed by atoms with Gasteiger partial charge in [0.2, 0.25) is 0 Å². The molecule has 0 radical (unpaired) electrons. The molecule has 1 aromatic heterocycles. The topological polar surface area (TPSA) is 174 Å². The van der Waals surface area contributed by atoms with Crippen molar-refractivity contribution >= 4 is 57.7 Å². The highest BCUT2D eigenvalue weighted by molar-refractivity contribution is 8.00. The monoisotopic (exact) mass is 455 g/mol. The molecule has 1 fully saturated rings. The molecule has 4 N–H and O–H groups in total. The van der Waals surface area contributed by atoms with Gasteiger partial charge < -0.3 is 25.7 Å². The molecule has 14 heteroatoms.